The fraction of sp³-hybridized carbons (Fsp3) is 0.167. The molecule has 3 N–H and O–H groups in total. The summed E-state index contributed by atoms with van der Waals surface area (Å²) in [7, 11) is 0. The van der Waals surface area contributed by atoms with Gasteiger partial charge in [0.1, 0.15) is 0 Å². The van der Waals surface area contributed by atoms with Crippen molar-refractivity contribution in [1.29, 1.82) is 0 Å². The third kappa shape index (κ3) is 6.81. The molecular weight excluding hydrogens is 361 g/mol. The van der Waals surface area contributed by atoms with E-state index >= 15 is 0 Å². The number of hydrogen-bond acceptors (Lipinski definition) is 4. The zero-order valence-electron chi connectivity index (χ0n) is 14.3. The molecule has 142 valence electrons. The van der Waals surface area contributed by atoms with Crippen LogP contribution in [0.3, 0.4) is 0 Å². The first-order valence-corrected chi connectivity index (χ1v) is 7.85. The second kappa shape index (κ2) is 8.84. The van der Waals surface area contributed by atoms with Gasteiger partial charge in [-0.05, 0) is 35.9 Å². The van der Waals surface area contributed by atoms with Crippen LogP contribution in [0.25, 0.3) is 0 Å². The second-order valence-corrected chi connectivity index (χ2v) is 5.53. The van der Waals surface area contributed by atoms with Crippen LogP contribution >= 0.6 is 0 Å². The second-order valence-electron chi connectivity index (χ2n) is 5.53. The van der Waals surface area contributed by atoms with Gasteiger partial charge in [-0.15, -0.1) is 0 Å². The predicted octanol–water partition coefficient (Wildman–Crippen LogP) is 3.23. The van der Waals surface area contributed by atoms with Crippen molar-refractivity contribution in [1.82, 2.24) is 5.43 Å². The predicted molar refractivity (Wildman–Crippen MR) is 96.4 cm³/mol. The number of nitrogens with one attached hydrogen (secondary N) is 3. The standard InChI is InChI=1S/C18H17F3N4O2/c1-12(26)24-15-7-5-13(6-8-15)10-23-25-17(27)11-22-16-4-2-3-14(9-16)18(19,20)21/h2-10,22H,11H2,1H3,(H,24,26)(H,25,27)/b23-10-. The van der Waals surface area contributed by atoms with Crippen molar-refractivity contribution < 1.29 is 22.8 Å². The molecule has 27 heavy (non-hydrogen) atoms. The molecule has 0 atom stereocenters. The highest BCUT2D eigenvalue weighted by molar-refractivity contribution is 5.89. The minimum atomic E-state index is -4.44. The van der Waals surface area contributed by atoms with Crippen LogP contribution in [0, 0.1) is 0 Å². The van der Waals surface area contributed by atoms with Gasteiger partial charge in [0.25, 0.3) is 5.91 Å². The molecule has 6 nitrogen and oxygen atoms in total. The lowest BCUT2D eigenvalue weighted by Crippen LogP contribution is -2.26. The molecule has 0 unspecified atom stereocenters. The van der Waals surface area contributed by atoms with Gasteiger partial charge in [-0.3, -0.25) is 9.59 Å². The summed E-state index contributed by atoms with van der Waals surface area (Å²) in [6.07, 6.45) is -3.04. The van der Waals surface area contributed by atoms with E-state index in [-0.39, 0.29) is 18.1 Å². The van der Waals surface area contributed by atoms with E-state index in [0.717, 1.165) is 12.1 Å². The Morgan fingerprint density at radius 2 is 1.78 bits per heavy atom. The summed E-state index contributed by atoms with van der Waals surface area (Å²) in [6.45, 7) is 1.17. The normalized spacial score (nSPS) is 11.3. The Balaban J connectivity index is 1.82. The monoisotopic (exact) mass is 378 g/mol. The minimum Gasteiger partial charge on any atom is -0.376 e. The van der Waals surface area contributed by atoms with Gasteiger partial charge >= 0.3 is 6.18 Å². The van der Waals surface area contributed by atoms with E-state index < -0.39 is 17.6 Å². The number of benzene rings is 2. The Kier molecular flexibility index (Phi) is 6.53. The van der Waals surface area contributed by atoms with E-state index in [4.69, 9.17) is 0 Å². The minimum absolute atomic E-state index is 0.178. The highest BCUT2D eigenvalue weighted by Gasteiger charge is 2.30. The first-order valence-electron chi connectivity index (χ1n) is 7.85. The fourth-order valence-electron chi connectivity index (χ4n) is 2.06. The summed E-state index contributed by atoms with van der Waals surface area (Å²) < 4.78 is 37.9. The number of anilines is 2. The Labute approximate surface area is 153 Å². The summed E-state index contributed by atoms with van der Waals surface area (Å²) >= 11 is 0. The highest BCUT2D eigenvalue weighted by atomic mass is 19.4. The summed E-state index contributed by atoms with van der Waals surface area (Å²) in [5.41, 5.74) is 2.97. The molecule has 0 saturated carbocycles. The molecule has 9 heteroatoms. The van der Waals surface area contributed by atoms with Gasteiger partial charge in [0.15, 0.2) is 0 Å². The lowest BCUT2D eigenvalue weighted by molar-refractivity contribution is -0.137. The van der Waals surface area contributed by atoms with Crippen LogP contribution in [0.15, 0.2) is 53.6 Å². The molecule has 0 fully saturated rings. The van der Waals surface area contributed by atoms with Crippen LogP contribution in [0.1, 0.15) is 18.1 Å². The first-order chi connectivity index (χ1) is 12.7. The van der Waals surface area contributed by atoms with Gasteiger partial charge in [0.2, 0.25) is 5.91 Å². The summed E-state index contributed by atoms with van der Waals surface area (Å²) in [5, 5.41) is 8.99. The maximum atomic E-state index is 12.6. The summed E-state index contributed by atoms with van der Waals surface area (Å²) in [5.74, 6) is -0.699. The maximum Gasteiger partial charge on any atom is 0.416 e. The highest BCUT2D eigenvalue weighted by Crippen LogP contribution is 2.30. The average Bonchev–Trinajstić information content (AvgIpc) is 2.60. The largest absolute Gasteiger partial charge is 0.416 e. The van der Waals surface area contributed by atoms with Gasteiger partial charge in [-0.25, -0.2) is 5.43 Å². The van der Waals surface area contributed by atoms with Crippen molar-refractivity contribution in [3.8, 4) is 0 Å². The smallest absolute Gasteiger partial charge is 0.376 e. The average molecular weight is 378 g/mol. The quantitative estimate of drug-likeness (QED) is 0.533. The topological polar surface area (TPSA) is 82.6 Å². The molecule has 2 aromatic carbocycles. The Morgan fingerprint density at radius 1 is 1.07 bits per heavy atom. The zero-order chi connectivity index (χ0) is 19.9. The van der Waals surface area contributed by atoms with E-state index in [9.17, 15) is 22.8 Å². The number of carbonyl (C=O) groups is 2. The number of hydrazone groups is 1. The van der Waals surface area contributed by atoms with Crippen LogP contribution in [-0.4, -0.2) is 24.6 Å². The molecule has 2 aromatic rings. The molecule has 0 aliphatic carbocycles. The molecule has 2 rings (SSSR count). The molecule has 0 aromatic heterocycles. The van der Waals surface area contributed by atoms with Crippen LogP contribution in [0.2, 0.25) is 0 Å². The number of amides is 2. The zero-order valence-corrected chi connectivity index (χ0v) is 14.3. The SMILES string of the molecule is CC(=O)Nc1ccc(/C=N\NC(=O)CNc2cccc(C(F)(F)F)c2)cc1. The number of alkyl halides is 3. The third-order valence-corrected chi connectivity index (χ3v) is 3.28. The number of halogens is 3. The fourth-order valence-corrected chi connectivity index (χ4v) is 2.06. The summed E-state index contributed by atoms with van der Waals surface area (Å²) in [4.78, 5) is 22.6. The van der Waals surface area contributed by atoms with Gasteiger partial charge in [0, 0.05) is 18.3 Å². The molecule has 0 aliphatic rings. The van der Waals surface area contributed by atoms with Crippen molar-refractivity contribution >= 4 is 29.4 Å². The Bertz CT molecular complexity index is 833. The summed E-state index contributed by atoms with van der Waals surface area (Å²) in [6, 6.07) is 11.3. The van der Waals surface area contributed by atoms with Crippen LogP contribution in [0.5, 0.6) is 0 Å². The molecule has 0 saturated heterocycles. The molecule has 2 amide bonds. The van der Waals surface area contributed by atoms with Crippen molar-refractivity contribution in [2.45, 2.75) is 13.1 Å². The Morgan fingerprint density at radius 3 is 2.41 bits per heavy atom. The van der Waals surface area contributed by atoms with Crippen molar-refractivity contribution in [2.75, 3.05) is 17.2 Å². The molecular formula is C18H17F3N4O2. The molecule has 0 aliphatic heterocycles. The number of rotatable bonds is 6. The van der Waals surface area contributed by atoms with Crippen LogP contribution in [-0.2, 0) is 15.8 Å². The maximum absolute atomic E-state index is 12.6. The molecule has 0 heterocycles. The van der Waals surface area contributed by atoms with Gasteiger partial charge < -0.3 is 10.6 Å². The van der Waals surface area contributed by atoms with E-state index in [1.54, 1.807) is 24.3 Å². The van der Waals surface area contributed by atoms with Gasteiger partial charge in [-0.1, -0.05) is 18.2 Å². The molecule has 0 bridgehead atoms. The van der Waals surface area contributed by atoms with Gasteiger partial charge in [0.05, 0.1) is 18.3 Å². The van der Waals surface area contributed by atoms with Crippen molar-refractivity contribution in [3.63, 3.8) is 0 Å². The first kappa shape index (κ1) is 20.0. The van der Waals surface area contributed by atoms with Crippen molar-refractivity contribution in [2.24, 2.45) is 5.10 Å². The van der Waals surface area contributed by atoms with E-state index in [1.807, 2.05) is 0 Å². The number of carbonyl (C=O) groups excluding carboxylic acids is 2. The van der Waals surface area contributed by atoms with E-state index in [0.29, 0.717) is 11.3 Å². The third-order valence-electron chi connectivity index (χ3n) is 3.28. The number of nitrogens with zero attached hydrogens (tertiary/aromatic N) is 1. The lowest BCUT2D eigenvalue weighted by Gasteiger charge is -2.10. The molecule has 0 radical (unpaired) electrons. The Hall–Kier alpha value is -3.36. The van der Waals surface area contributed by atoms with Crippen molar-refractivity contribution in [3.05, 3.63) is 59.7 Å². The molecule has 0 spiro atoms. The lowest BCUT2D eigenvalue weighted by atomic mass is 10.2. The number of hydrogen-bond donors (Lipinski definition) is 3. The van der Waals surface area contributed by atoms with Crippen LogP contribution < -0.4 is 16.1 Å². The van der Waals surface area contributed by atoms with Gasteiger partial charge in [-0.2, -0.15) is 18.3 Å². The van der Waals surface area contributed by atoms with E-state index in [1.165, 1.54) is 25.3 Å². The van der Waals surface area contributed by atoms with E-state index in [2.05, 4.69) is 21.2 Å². The van der Waals surface area contributed by atoms with Crippen LogP contribution in [0.4, 0.5) is 24.5 Å².